The number of hydrogen-bond acceptors (Lipinski definition) is 16. The topological polar surface area (TPSA) is 329 Å². The van der Waals surface area contributed by atoms with Gasteiger partial charge in [0.15, 0.2) is 5.60 Å². The fraction of sp³-hybridized carbons (Fsp3) is 0.500. The zero-order chi connectivity index (χ0) is 58.4. The quantitative estimate of drug-likeness (QED) is 0.0291. The Morgan fingerprint density at radius 1 is 0.900 bits per heavy atom. The summed E-state index contributed by atoms with van der Waals surface area (Å²) in [7, 11) is 1.50. The molecule has 3 atom stereocenters. The van der Waals surface area contributed by atoms with Gasteiger partial charge in [0.05, 0.1) is 48.8 Å². The van der Waals surface area contributed by atoms with Gasteiger partial charge in [0.1, 0.15) is 36.8 Å². The first-order chi connectivity index (χ1) is 38.1. The minimum Gasteiger partial charge on any atom is -0.458 e. The van der Waals surface area contributed by atoms with Crippen molar-refractivity contribution in [2.24, 2.45) is 17.6 Å². The van der Waals surface area contributed by atoms with E-state index in [1.165, 1.54) is 16.8 Å². The van der Waals surface area contributed by atoms with Crippen molar-refractivity contribution in [1.82, 2.24) is 35.3 Å². The third-order valence-corrected chi connectivity index (χ3v) is 14.0. The first-order valence-electron chi connectivity index (χ1n) is 26.8. The molecule has 2 aliphatic heterocycles. The number of likely N-dealkylation sites (N-methyl/N-ethyl adjacent to an activating group) is 1. The highest BCUT2D eigenvalue weighted by Crippen LogP contribution is 2.41. The van der Waals surface area contributed by atoms with Gasteiger partial charge >= 0.3 is 24.2 Å². The van der Waals surface area contributed by atoms with Gasteiger partial charge in [-0.15, -0.1) is 0 Å². The van der Waals surface area contributed by atoms with E-state index in [4.69, 9.17) is 29.7 Å². The van der Waals surface area contributed by atoms with Crippen molar-refractivity contribution in [3.05, 3.63) is 86.7 Å². The smallest absolute Gasteiger partial charge is 0.415 e. The second kappa shape index (κ2) is 27.8. The number of nitrogens with two attached hydrogens (primary N) is 1. The Balaban J connectivity index is 1.06. The number of carbonyl (C=O) groups excluding carboxylic acids is 8. The summed E-state index contributed by atoms with van der Waals surface area (Å²) >= 11 is 0. The minimum absolute atomic E-state index is 0.00141. The SMILES string of the molecule is CCc1c2c(nc3ccc(OC(=O)N(CCOCCO)CCN(C)C(=O)OCc4ccc(NC(=O)[C@H](CCCNC(N)=O)NC(=O)[C@@H](NC(=O)CCC(=O)C(C)C)C(C)C)cc4)cc13)-c1cc3c(c(=O)n1C2)COC(=O)[C@]3(O)CC. The third-order valence-electron chi connectivity index (χ3n) is 14.0. The molecule has 2 aromatic carbocycles. The number of benzene rings is 2. The van der Waals surface area contributed by atoms with E-state index in [9.17, 15) is 53.4 Å². The predicted molar refractivity (Wildman–Crippen MR) is 292 cm³/mol. The zero-order valence-electron chi connectivity index (χ0n) is 46.3. The number of aryl methyl sites for hydroxylation is 1. The van der Waals surface area contributed by atoms with Gasteiger partial charge < -0.3 is 70.5 Å². The molecular weight excluding hydrogens is 1040 g/mol. The summed E-state index contributed by atoms with van der Waals surface area (Å²) in [6.07, 6.45) is -0.602. The molecule has 2 aliphatic rings. The van der Waals surface area contributed by atoms with Crippen LogP contribution in [0.4, 0.5) is 20.1 Å². The van der Waals surface area contributed by atoms with E-state index in [0.29, 0.717) is 40.0 Å². The molecule has 0 radical (unpaired) electrons. The molecule has 2 aromatic heterocycles. The average molecular weight is 1110 g/mol. The van der Waals surface area contributed by atoms with Crippen LogP contribution in [-0.2, 0) is 70.0 Å². The van der Waals surface area contributed by atoms with E-state index in [0.717, 1.165) is 11.1 Å². The van der Waals surface area contributed by atoms with Crippen molar-refractivity contribution in [1.29, 1.82) is 0 Å². The number of Topliss-reactive ketones (excluding diaryl/α,β-unsaturated/α-hetero) is 1. The Morgan fingerprint density at radius 3 is 2.30 bits per heavy atom. The maximum atomic E-state index is 13.8. The molecule has 0 spiro atoms. The van der Waals surface area contributed by atoms with Crippen molar-refractivity contribution < 1.29 is 67.5 Å². The summed E-state index contributed by atoms with van der Waals surface area (Å²) in [5, 5.41) is 31.9. The number of aromatic nitrogens is 2. The fourth-order valence-electron chi connectivity index (χ4n) is 9.29. The molecule has 80 heavy (non-hydrogen) atoms. The highest BCUT2D eigenvalue weighted by molar-refractivity contribution is 5.99. The van der Waals surface area contributed by atoms with E-state index in [2.05, 4.69) is 21.3 Å². The maximum absolute atomic E-state index is 13.8. The summed E-state index contributed by atoms with van der Waals surface area (Å²) in [6.45, 7) is 10.4. The monoisotopic (exact) mass is 1110 g/mol. The molecular formula is C56H73N9O15. The van der Waals surface area contributed by atoms with Gasteiger partial charge in [0, 0.05) is 74.2 Å². The van der Waals surface area contributed by atoms with Crippen LogP contribution >= 0.6 is 0 Å². The number of fused-ring (bicyclic) bond motifs is 5. The number of ketones is 1. The van der Waals surface area contributed by atoms with Crippen molar-refractivity contribution >= 4 is 64.3 Å². The van der Waals surface area contributed by atoms with Crippen LogP contribution in [0.15, 0.2) is 53.3 Å². The molecule has 7 amide bonds. The number of rotatable bonds is 27. The first kappa shape index (κ1) is 61.3. The second-order valence-corrected chi connectivity index (χ2v) is 20.3. The molecule has 4 heterocycles. The lowest BCUT2D eigenvalue weighted by Crippen LogP contribution is -2.54. The summed E-state index contributed by atoms with van der Waals surface area (Å²) < 4.78 is 23.7. The van der Waals surface area contributed by atoms with Gasteiger partial charge in [-0.25, -0.2) is 24.2 Å². The molecule has 0 unspecified atom stereocenters. The normalized spacial score (nSPS) is 15.0. The number of amides is 7. The molecule has 432 valence electrons. The van der Waals surface area contributed by atoms with E-state index in [-0.39, 0.29) is 138 Å². The number of anilines is 1. The molecule has 0 aliphatic carbocycles. The molecule has 0 saturated carbocycles. The number of ether oxygens (including phenoxy) is 4. The van der Waals surface area contributed by atoms with Crippen LogP contribution in [0, 0.1) is 11.8 Å². The number of cyclic esters (lactones) is 1. The Morgan fingerprint density at radius 2 is 1.64 bits per heavy atom. The highest BCUT2D eigenvalue weighted by atomic mass is 16.6. The molecule has 0 saturated heterocycles. The predicted octanol–water partition coefficient (Wildman–Crippen LogP) is 3.74. The zero-order valence-corrected chi connectivity index (χ0v) is 46.3. The van der Waals surface area contributed by atoms with Crippen LogP contribution in [0.25, 0.3) is 22.3 Å². The average Bonchev–Trinajstić information content (AvgIpc) is 3.98. The largest absolute Gasteiger partial charge is 0.458 e. The minimum atomic E-state index is -1.97. The Kier molecular flexibility index (Phi) is 21.3. The Hall–Kier alpha value is -7.96. The number of esters is 1. The molecule has 0 bridgehead atoms. The standard InChI is InChI=1S/C56H73N9O15/c1-8-37-38-27-36(16-17-42(38)60-48-39(37)29-65-44(48)28-41-40(51(65)71)31-78-52(72)56(41,76)9-2)80-55(75)64(23-25-77-26-24-66)22-21-63(7)54(74)79-30-34-12-14-35(15-13-34)59-49(69)43(11-10-20-58-53(57)73)61-50(70)47(33(5)6)62-46(68)19-18-45(67)32(3)4/h12-17,27-28,32-33,43,47,66,76H,8-11,18-26,29-31H2,1-7H3,(H,59,69)(H,61,70)(H,62,68)(H3,57,58,73)/t43-,47-,56-/m0/s1. The number of hydrogen-bond donors (Lipinski definition) is 7. The first-order valence-corrected chi connectivity index (χ1v) is 26.8. The second-order valence-electron chi connectivity index (χ2n) is 20.3. The van der Waals surface area contributed by atoms with Crippen molar-refractivity contribution in [3.63, 3.8) is 0 Å². The van der Waals surface area contributed by atoms with Crippen molar-refractivity contribution in [2.75, 3.05) is 58.4 Å². The van der Waals surface area contributed by atoms with Gasteiger partial charge in [-0.2, -0.15) is 0 Å². The van der Waals surface area contributed by atoms with Crippen LogP contribution in [0.5, 0.6) is 5.75 Å². The number of nitrogens with zero attached hydrogens (tertiary/aromatic N) is 4. The van der Waals surface area contributed by atoms with E-state index in [1.807, 2.05) is 6.92 Å². The Labute approximate surface area is 463 Å². The third kappa shape index (κ3) is 15.0. The summed E-state index contributed by atoms with van der Waals surface area (Å²) in [6, 6.07) is 10.2. The maximum Gasteiger partial charge on any atom is 0.415 e. The summed E-state index contributed by atoms with van der Waals surface area (Å²) in [5.41, 5.74) is 7.42. The number of aliphatic hydroxyl groups is 2. The lowest BCUT2D eigenvalue weighted by Gasteiger charge is -2.31. The molecule has 8 N–H and O–H groups in total. The van der Waals surface area contributed by atoms with Crippen molar-refractivity contribution in [2.45, 2.75) is 118 Å². The van der Waals surface area contributed by atoms with Gasteiger partial charge in [-0.3, -0.25) is 24.0 Å². The van der Waals surface area contributed by atoms with Crippen LogP contribution in [0.1, 0.15) is 101 Å². The van der Waals surface area contributed by atoms with Gasteiger partial charge in [-0.05, 0) is 79.1 Å². The summed E-state index contributed by atoms with van der Waals surface area (Å²) in [5.74, 6) is -2.96. The van der Waals surface area contributed by atoms with Crippen LogP contribution in [0.3, 0.4) is 0 Å². The number of aliphatic hydroxyl groups excluding tert-OH is 1. The van der Waals surface area contributed by atoms with Gasteiger partial charge in [-0.1, -0.05) is 53.7 Å². The summed E-state index contributed by atoms with van der Waals surface area (Å²) in [4.78, 5) is 124. The number of primary amides is 1. The molecule has 4 aromatic rings. The van der Waals surface area contributed by atoms with Crippen LogP contribution < -0.4 is 37.3 Å². The highest BCUT2D eigenvalue weighted by Gasteiger charge is 2.45. The number of pyridine rings is 2. The molecule has 0 fully saturated rings. The number of nitrogens with one attached hydrogen (secondary N) is 4. The van der Waals surface area contributed by atoms with Crippen molar-refractivity contribution in [3.8, 4) is 17.1 Å². The lowest BCUT2D eigenvalue weighted by molar-refractivity contribution is -0.172. The number of urea groups is 1. The van der Waals surface area contributed by atoms with E-state index in [1.54, 1.807) is 87.7 Å². The molecule has 24 heteroatoms. The Bertz CT molecular complexity index is 3020. The number of carbonyl (C=O) groups is 8. The van der Waals surface area contributed by atoms with Crippen LogP contribution in [-0.4, -0.2) is 142 Å². The van der Waals surface area contributed by atoms with E-state index >= 15 is 0 Å². The molecule has 24 nitrogen and oxygen atoms in total. The molecule has 6 rings (SSSR count). The fourth-order valence-corrected chi connectivity index (χ4v) is 9.29. The van der Waals surface area contributed by atoms with Gasteiger partial charge in [0.25, 0.3) is 5.56 Å². The van der Waals surface area contributed by atoms with E-state index < -0.39 is 59.6 Å². The van der Waals surface area contributed by atoms with Gasteiger partial charge in [0.2, 0.25) is 17.7 Å². The lowest BCUT2D eigenvalue weighted by atomic mass is 9.86. The van der Waals surface area contributed by atoms with Crippen LogP contribution in [0.2, 0.25) is 0 Å².